The smallest absolute Gasteiger partial charge is 0.137 e. The third kappa shape index (κ3) is 3.94. The molecule has 0 spiro atoms. The molecule has 0 aromatic heterocycles. The lowest BCUT2D eigenvalue weighted by Crippen LogP contribution is -2.59. The Balaban J connectivity index is 1.55. The molecule has 0 saturated heterocycles. The van der Waals surface area contributed by atoms with E-state index in [9.17, 15) is 15.0 Å². The van der Waals surface area contributed by atoms with Crippen LogP contribution < -0.4 is 0 Å². The van der Waals surface area contributed by atoms with E-state index in [0.717, 1.165) is 38.5 Å². The Hall–Kier alpha value is -0.410. The Bertz CT molecular complexity index is 684. The van der Waals surface area contributed by atoms with Crippen LogP contribution in [0.1, 0.15) is 106 Å². The number of carbonyl (C=O) groups is 1. The molecule has 178 valence electrons. The van der Waals surface area contributed by atoms with Gasteiger partial charge >= 0.3 is 0 Å². The van der Waals surface area contributed by atoms with Crippen LogP contribution in [0, 0.1) is 52.3 Å². The van der Waals surface area contributed by atoms with Crippen molar-refractivity contribution in [2.24, 2.45) is 52.3 Å². The molecule has 4 saturated carbocycles. The normalized spacial score (nSPS) is 49.3. The van der Waals surface area contributed by atoms with Gasteiger partial charge in [0.2, 0.25) is 0 Å². The van der Waals surface area contributed by atoms with Crippen LogP contribution in [0.15, 0.2) is 0 Å². The molecule has 4 rings (SSSR count). The highest BCUT2D eigenvalue weighted by molar-refractivity contribution is 5.84. The maximum atomic E-state index is 13.8. The molecule has 0 aromatic rings. The Morgan fingerprint density at radius 3 is 2.35 bits per heavy atom. The van der Waals surface area contributed by atoms with Crippen LogP contribution in [0.4, 0.5) is 0 Å². The third-order valence-electron chi connectivity index (χ3n) is 11.0. The summed E-state index contributed by atoms with van der Waals surface area (Å²) >= 11 is 0. The largest absolute Gasteiger partial charge is 0.393 e. The van der Waals surface area contributed by atoms with E-state index in [1.807, 2.05) is 6.92 Å². The number of hydrogen-bond donors (Lipinski definition) is 2. The first kappa shape index (κ1) is 23.7. The predicted molar refractivity (Wildman–Crippen MR) is 125 cm³/mol. The fourth-order valence-corrected chi connectivity index (χ4v) is 9.18. The van der Waals surface area contributed by atoms with Crippen molar-refractivity contribution in [3.8, 4) is 0 Å². The first-order chi connectivity index (χ1) is 14.4. The van der Waals surface area contributed by atoms with E-state index in [2.05, 4.69) is 34.6 Å². The number of fused-ring (bicyclic) bond motifs is 5. The molecule has 4 aliphatic rings. The average molecular weight is 433 g/mol. The zero-order valence-electron chi connectivity index (χ0n) is 21.0. The monoisotopic (exact) mass is 432 g/mol. The highest BCUT2D eigenvalue weighted by atomic mass is 16.3. The van der Waals surface area contributed by atoms with Gasteiger partial charge in [0.15, 0.2) is 0 Å². The van der Waals surface area contributed by atoms with Crippen molar-refractivity contribution in [2.75, 3.05) is 0 Å². The summed E-state index contributed by atoms with van der Waals surface area (Å²) < 4.78 is 0. The second-order valence-corrected chi connectivity index (χ2v) is 13.5. The number of rotatable bonds is 5. The van der Waals surface area contributed by atoms with E-state index >= 15 is 0 Å². The van der Waals surface area contributed by atoms with Crippen LogP contribution in [0.5, 0.6) is 0 Å². The quantitative estimate of drug-likeness (QED) is 0.559. The van der Waals surface area contributed by atoms with Gasteiger partial charge in [-0.2, -0.15) is 0 Å². The molecule has 0 radical (unpaired) electrons. The maximum Gasteiger partial charge on any atom is 0.137 e. The molecule has 10 atom stereocenters. The van der Waals surface area contributed by atoms with Gasteiger partial charge in [0.05, 0.1) is 11.7 Å². The zero-order chi connectivity index (χ0) is 22.8. The molecule has 4 aliphatic carbocycles. The van der Waals surface area contributed by atoms with Crippen molar-refractivity contribution < 1.29 is 15.0 Å². The molecule has 31 heavy (non-hydrogen) atoms. The van der Waals surface area contributed by atoms with E-state index in [-0.39, 0.29) is 28.8 Å². The van der Waals surface area contributed by atoms with Gasteiger partial charge in [-0.3, -0.25) is 4.79 Å². The lowest BCUT2D eigenvalue weighted by atomic mass is 9.43. The van der Waals surface area contributed by atoms with Gasteiger partial charge in [-0.05, 0) is 111 Å². The summed E-state index contributed by atoms with van der Waals surface area (Å²) in [5.74, 6) is 3.68. The summed E-state index contributed by atoms with van der Waals surface area (Å²) in [6.07, 6.45) is 9.85. The van der Waals surface area contributed by atoms with Gasteiger partial charge in [0.1, 0.15) is 5.78 Å². The molecule has 3 heteroatoms. The lowest BCUT2D eigenvalue weighted by Gasteiger charge is -2.61. The summed E-state index contributed by atoms with van der Waals surface area (Å²) in [4.78, 5) is 13.8. The van der Waals surface area contributed by atoms with E-state index in [1.165, 1.54) is 19.3 Å². The molecular formula is C28H48O3. The standard InChI is InChI=1S/C28H48O3/c1-17(2)7-12-23(29)18(3)21-10-11-22-20-9-8-19-15-26(4,31)13-14-27(19,5)25(20)24(30)16-28(21,22)6/h17-23,25,29,31H,7-16H2,1-6H3/t18-,19-,20-,21+,22-,23-,25+,26-,27-,28+/m0/s1. The Morgan fingerprint density at radius 2 is 1.68 bits per heavy atom. The molecule has 0 aromatic carbocycles. The summed E-state index contributed by atoms with van der Waals surface area (Å²) in [5.41, 5.74) is -0.423. The summed E-state index contributed by atoms with van der Waals surface area (Å²) in [5, 5.41) is 21.7. The minimum Gasteiger partial charge on any atom is -0.393 e. The predicted octanol–water partition coefficient (Wildman–Crippen LogP) is 6.01. The van der Waals surface area contributed by atoms with Gasteiger partial charge in [-0.15, -0.1) is 0 Å². The van der Waals surface area contributed by atoms with Crippen molar-refractivity contribution in [3.63, 3.8) is 0 Å². The van der Waals surface area contributed by atoms with Crippen molar-refractivity contribution in [3.05, 3.63) is 0 Å². The van der Waals surface area contributed by atoms with E-state index in [1.54, 1.807) is 0 Å². The number of Topliss-reactive ketones (excluding diaryl/α,β-unsaturated/α-hetero) is 1. The second kappa shape index (κ2) is 8.12. The molecule has 3 nitrogen and oxygen atoms in total. The lowest BCUT2D eigenvalue weighted by molar-refractivity contribution is -0.169. The molecule has 0 amide bonds. The Labute approximate surface area is 190 Å². The number of ketones is 1. The Morgan fingerprint density at radius 1 is 0.968 bits per heavy atom. The highest BCUT2D eigenvalue weighted by Gasteiger charge is 2.64. The third-order valence-corrected chi connectivity index (χ3v) is 11.0. The number of aliphatic hydroxyl groups excluding tert-OH is 1. The van der Waals surface area contributed by atoms with Gasteiger partial charge in [0.25, 0.3) is 0 Å². The second-order valence-electron chi connectivity index (χ2n) is 13.5. The van der Waals surface area contributed by atoms with Crippen LogP contribution in [-0.4, -0.2) is 27.7 Å². The first-order valence-electron chi connectivity index (χ1n) is 13.3. The van der Waals surface area contributed by atoms with Gasteiger partial charge in [0, 0.05) is 12.3 Å². The van der Waals surface area contributed by atoms with E-state index in [0.29, 0.717) is 41.8 Å². The molecule has 2 N–H and O–H groups in total. The van der Waals surface area contributed by atoms with Crippen molar-refractivity contribution in [1.29, 1.82) is 0 Å². The van der Waals surface area contributed by atoms with Gasteiger partial charge < -0.3 is 10.2 Å². The van der Waals surface area contributed by atoms with Crippen molar-refractivity contribution in [1.82, 2.24) is 0 Å². The first-order valence-corrected chi connectivity index (χ1v) is 13.3. The summed E-state index contributed by atoms with van der Waals surface area (Å²) in [7, 11) is 0. The number of hydrogen-bond acceptors (Lipinski definition) is 3. The average Bonchev–Trinajstić information content (AvgIpc) is 3.02. The van der Waals surface area contributed by atoms with Crippen LogP contribution in [-0.2, 0) is 4.79 Å². The van der Waals surface area contributed by atoms with Crippen molar-refractivity contribution in [2.45, 2.75) is 117 Å². The number of aliphatic hydroxyl groups is 2. The van der Waals surface area contributed by atoms with Crippen LogP contribution in [0.25, 0.3) is 0 Å². The van der Waals surface area contributed by atoms with E-state index in [4.69, 9.17) is 0 Å². The van der Waals surface area contributed by atoms with Crippen molar-refractivity contribution >= 4 is 5.78 Å². The minimum atomic E-state index is -0.552. The SMILES string of the molecule is CC(C)CC[C@H](O)[C@@H](C)[C@H]1CC[C@H]2[C@@H]3CC[C@H]4C[C@@](C)(O)CC[C@]4(C)[C@H]3C(=O)C[C@]12C. The fraction of sp³-hybridized carbons (Fsp3) is 0.964. The minimum absolute atomic E-state index is 0.0554. The maximum absolute atomic E-state index is 13.8. The molecule has 4 fully saturated rings. The highest BCUT2D eigenvalue weighted by Crippen LogP contribution is 2.68. The van der Waals surface area contributed by atoms with E-state index < -0.39 is 5.60 Å². The summed E-state index contributed by atoms with van der Waals surface area (Å²) in [6, 6.07) is 0. The van der Waals surface area contributed by atoms with Crippen LogP contribution in [0.2, 0.25) is 0 Å². The molecule has 0 unspecified atom stereocenters. The van der Waals surface area contributed by atoms with Gasteiger partial charge in [-0.1, -0.05) is 34.6 Å². The number of carbonyl (C=O) groups excluding carboxylic acids is 1. The fourth-order valence-electron chi connectivity index (χ4n) is 9.18. The topological polar surface area (TPSA) is 57.5 Å². The van der Waals surface area contributed by atoms with Crippen LogP contribution in [0.3, 0.4) is 0 Å². The molecule has 0 bridgehead atoms. The molecular weight excluding hydrogens is 384 g/mol. The molecule has 0 heterocycles. The zero-order valence-corrected chi connectivity index (χ0v) is 21.0. The Kier molecular flexibility index (Phi) is 6.21. The summed E-state index contributed by atoms with van der Waals surface area (Å²) in [6.45, 7) is 13.5. The van der Waals surface area contributed by atoms with Gasteiger partial charge in [-0.25, -0.2) is 0 Å². The van der Waals surface area contributed by atoms with Crippen LogP contribution >= 0.6 is 0 Å². The molecule has 0 aliphatic heterocycles.